The summed E-state index contributed by atoms with van der Waals surface area (Å²) in [5.41, 5.74) is 6.44. The molecular formula is C10H13N5O4S. The number of nitrogens with two attached hydrogens (primary N) is 1. The summed E-state index contributed by atoms with van der Waals surface area (Å²) in [4.78, 5) is 10.8. The molecule has 0 unspecified atom stereocenters. The number of anilines is 1. The molecule has 4 atom stereocenters. The number of fused-ring (bicyclic) bond motifs is 1. The molecule has 3 rings (SSSR count). The van der Waals surface area contributed by atoms with Gasteiger partial charge in [-0.1, -0.05) is 12.2 Å². The second-order valence-corrected chi connectivity index (χ2v) is 4.89. The number of ether oxygens (including phenoxy) is 1. The van der Waals surface area contributed by atoms with E-state index in [0.29, 0.717) is 11.2 Å². The zero-order valence-corrected chi connectivity index (χ0v) is 11.0. The van der Waals surface area contributed by atoms with Crippen molar-refractivity contribution in [1.82, 2.24) is 19.5 Å². The molecular weight excluding hydrogens is 286 g/mol. The largest absolute Gasteiger partial charge is 0.394 e. The molecule has 6 N–H and O–H groups in total. The number of aliphatic hydroxyl groups excluding tert-OH is 3. The fourth-order valence-electron chi connectivity index (χ4n) is 2.26. The number of nitrogens with one attached hydrogen (secondary N) is 1. The summed E-state index contributed by atoms with van der Waals surface area (Å²) in [6.45, 7) is -0.402. The summed E-state index contributed by atoms with van der Waals surface area (Å²) in [6, 6.07) is 0. The van der Waals surface area contributed by atoms with E-state index in [0.717, 1.165) is 0 Å². The SMILES string of the molecule is Nc1nc(=S)c2ncn([C@@H]3O[C@@H](CO)[C@@H](O)[C@@H]3O)c2[nH]1. The van der Waals surface area contributed by atoms with Crippen molar-refractivity contribution < 1.29 is 20.1 Å². The lowest BCUT2D eigenvalue weighted by Crippen LogP contribution is -2.33. The molecule has 1 aliphatic heterocycles. The van der Waals surface area contributed by atoms with E-state index in [1.807, 2.05) is 0 Å². The molecule has 1 saturated heterocycles. The molecule has 0 saturated carbocycles. The van der Waals surface area contributed by atoms with Crippen molar-refractivity contribution in [2.24, 2.45) is 0 Å². The fourth-order valence-corrected chi connectivity index (χ4v) is 2.50. The monoisotopic (exact) mass is 299 g/mol. The second-order valence-electron chi connectivity index (χ2n) is 4.51. The van der Waals surface area contributed by atoms with E-state index in [1.165, 1.54) is 10.9 Å². The van der Waals surface area contributed by atoms with Crippen LogP contribution in [0.5, 0.6) is 0 Å². The lowest BCUT2D eigenvalue weighted by Gasteiger charge is -2.16. The van der Waals surface area contributed by atoms with Crippen molar-refractivity contribution >= 4 is 29.3 Å². The normalized spacial score (nSPS) is 30.1. The van der Waals surface area contributed by atoms with E-state index in [9.17, 15) is 10.2 Å². The van der Waals surface area contributed by atoms with Crippen LogP contribution in [0.4, 0.5) is 5.95 Å². The molecule has 0 spiro atoms. The van der Waals surface area contributed by atoms with Gasteiger partial charge in [-0.05, 0) is 0 Å². The van der Waals surface area contributed by atoms with Crippen LogP contribution in [0.1, 0.15) is 6.23 Å². The number of hydrogen-bond donors (Lipinski definition) is 5. The first kappa shape index (κ1) is 13.4. The van der Waals surface area contributed by atoms with Gasteiger partial charge in [0.05, 0.1) is 12.9 Å². The number of aliphatic hydroxyl groups is 3. The summed E-state index contributed by atoms with van der Waals surface area (Å²) < 4.78 is 7.11. The number of hydrogen-bond acceptors (Lipinski definition) is 8. The lowest BCUT2D eigenvalue weighted by molar-refractivity contribution is -0.0511. The van der Waals surface area contributed by atoms with Crippen LogP contribution in [0.25, 0.3) is 11.2 Å². The Hall–Kier alpha value is -1.59. The average Bonchev–Trinajstić information content (AvgIpc) is 2.93. The summed E-state index contributed by atoms with van der Waals surface area (Å²) in [5, 5.41) is 28.9. The molecule has 1 aliphatic rings. The highest BCUT2D eigenvalue weighted by Crippen LogP contribution is 2.31. The first-order valence-electron chi connectivity index (χ1n) is 5.87. The van der Waals surface area contributed by atoms with E-state index in [4.69, 9.17) is 27.8 Å². The van der Waals surface area contributed by atoms with Crippen LogP contribution in [0.3, 0.4) is 0 Å². The van der Waals surface area contributed by atoms with Gasteiger partial charge in [-0.25, -0.2) is 9.97 Å². The third-order valence-corrected chi connectivity index (χ3v) is 3.54. The predicted molar refractivity (Wildman–Crippen MR) is 70.1 cm³/mol. The van der Waals surface area contributed by atoms with Crippen LogP contribution in [-0.4, -0.2) is 59.8 Å². The van der Waals surface area contributed by atoms with Crippen molar-refractivity contribution in [3.63, 3.8) is 0 Å². The first-order chi connectivity index (χ1) is 9.52. The van der Waals surface area contributed by atoms with Crippen molar-refractivity contribution in [2.45, 2.75) is 24.5 Å². The third kappa shape index (κ3) is 1.89. The predicted octanol–water partition coefficient (Wildman–Crippen LogP) is -1.32. The molecule has 9 nitrogen and oxygen atoms in total. The fraction of sp³-hybridized carbons (Fsp3) is 0.500. The highest BCUT2D eigenvalue weighted by molar-refractivity contribution is 7.71. The highest BCUT2D eigenvalue weighted by atomic mass is 32.1. The van der Waals surface area contributed by atoms with E-state index >= 15 is 0 Å². The van der Waals surface area contributed by atoms with Crippen molar-refractivity contribution in [3.8, 4) is 0 Å². The van der Waals surface area contributed by atoms with Gasteiger partial charge in [0, 0.05) is 0 Å². The Bertz CT molecular complexity index is 701. The number of nitrogen functional groups attached to an aromatic ring is 1. The zero-order valence-electron chi connectivity index (χ0n) is 10.2. The molecule has 20 heavy (non-hydrogen) atoms. The number of H-pyrrole nitrogens is 1. The minimum atomic E-state index is -1.21. The van der Waals surface area contributed by atoms with Gasteiger partial charge in [-0.3, -0.25) is 4.57 Å². The molecule has 1 fully saturated rings. The highest BCUT2D eigenvalue weighted by Gasteiger charge is 2.43. The zero-order chi connectivity index (χ0) is 14.4. The summed E-state index contributed by atoms with van der Waals surface area (Å²) in [7, 11) is 0. The Morgan fingerprint density at radius 1 is 1.45 bits per heavy atom. The van der Waals surface area contributed by atoms with E-state index < -0.39 is 31.1 Å². The maximum Gasteiger partial charge on any atom is 0.200 e. The smallest absolute Gasteiger partial charge is 0.200 e. The number of aromatic nitrogens is 4. The molecule has 2 aromatic heterocycles. The Labute approximate surface area is 117 Å². The van der Waals surface area contributed by atoms with Gasteiger partial charge in [0.25, 0.3) is 0 Å². The van der Waals surface area contributed by atoms with Gasteiger partial charge in [-0.2, -0.15) is 0 Å². The van der Waals surface area contributed by atoms with Gasteiger partial charge in [-0.15, -0.1) is 0 Å². The molecule has 0 aliphatic carbocycles. The number of rotatable bonds is 2. The quantitative estimate of drug-likeness (QED) is 0.430. The first-order valence-corrected chi connectivity index (χ1v) is 6.28. The van der Waals surface area contributed by atoms with Crippen molar-refractivity contribution in [1.29, 1.82) is 0 Å². The molecule has 10 heteroatoms. The van der Waals surface area contributed by atoms with Gasteiger partial charge in [0.2, 0.25) is 0 Å². The Morgan fingerprint density at radius 2 is 2.20 bits per heavy atom. The topological polar surface area (TPSA) is 142 Å². The molecule has 0 bridgehead atoms. The van der Waals surface area contributed by atoms with E-state index in [-0.39, 0.29) is 10.6 Å². The van der Waals surface area contributed by atoms with Crippen LogP contribution in [-0.2, 0) is 4.74 Å². The van der Waals surface area contributed by atoms with Crippen LogP contribution in [0.15, 0.2) is 6.33 Å². The Kier molecular flexibility index (Phi) is 3.18. The minimum Gasteiger partial charge on any atom is -0.394 e. The van der Waals surface area contributed by atoms with Crippen molar-refractivity contribution in [3.05, 3.63) is 11.0 Å². The van der Waals surface area contributed by atoms with Gasteiger partial charge >= 0.3 is 0 Å². The summed E-state index contributed by atoms with van der Waals surface area (Å²) in [5.74, 6) is 0.107. The molecule has 0 radical (unpaired) electrons. The number of nitrogens with zero attached hydrogens (tertiary/aromatic N) is 3. The third-order valence-electron chi connectivity index (χ3n) is 3.26. The maximum absolute atomic E-state index is 10.0. The van der Waals surface area contributed by atoms with Crippen LogP contribution >= 0.6 is 12.2 Å². The standard InChI is InChI=1S/C10H13N5O4S/c11-10-13-7-4(8(20)14-10)12-2-15(7)9-6(18)5(17)3(1-16)19-9/h2-3,5-6,9,16-18H,1H2,(H3,11,13,14,20)/t3-,5+,6-,9+/m0/s1. The maximum atomic E-state index is 10.0. The summed E-state index contributed by atoms with van der Waals surface area (Å²) >= 11 is 5.05. The minimum absolute atomic E-state index is 0.107. The van der Waals surface area contributed by atoms with Crippen LogP contribution < -0.4 is 5.73 Å². The lowest BCUT2D eigenvalue weighted by atomic mass is 10.1. The average molecular weight is 299 g/mol. The molecule has 108 valence electrons. The molecule has 0 amide bonds. The Balaban J connectivity index is 2.09. The number of imidazole rings is 1. The second kappa shape index (κ2) is 4.75. The number of aromatic amines is 1. The van der Waals surface area contributed by atoms with E-state index in [2.05, 4.69) is 15.0 Å². The van der Waals surface area contributed by atoms with E-state index in [1.54, 1.807) is 0 Å². The van der Waals surface area contributed by atoms with Gasteiger partial charge in [0.1, 0.15) is 29.5 Å². The van der Waals surface area contributed by atoms with Crippen molar-refractivity contribution in [2.75, 3.05) is 12.3 Å². The molecule has 3 heterocycles. The van der Waals surface area contributed by atoms with Crippen LogP contribution in [0.2, 0.25) is 0 Å². The molecule has 2 aromatic rings. The van der Waals surface area contributed by atoms with Gasteiger partial charge < -0.3 is 30.8 Å². The summed E-state index contributed by atoms with van der Waals surface area (Å²) in [6.07, 6.45) is -2.77. The van der Waals surface area contributed by atoms with Gasteiger partial charge in [0.15, 0.2) is 16.8 Å². The van der Waals surface area contributed by atoms with Crippen LogP contribution in [0, 0.1) is 4.64 Å². The molecule has 0 aromatic carbocycles. The Morgan fingerprint density at radius 3 is 2.85 bits per heavy atom.